The second-order valence-electron chi connectivity index (χ2n) is 25.9. The predicted molar refractivity (Wildman–Crippen MR) is 381 cm³/mol. The van der Waals surface area contributed by atoms with E-state index in [1.54, 1.807) is 0 Å². The first-order valence-corrected chi connectivity index (χ1v) is 41.2. The van der Waals surface area contributed by atoms with Crippen LogP contribution in [0.5, 0.6) is 0 Å². The van der Waals surface area contributed by atoms with Gasteiger partial charge in [-0.05, 0) is 103 Å². The summed E-state index contributed by atoms with van der Waals surface area (Å²) in [7, 11) is -9.93. The molecule has 552 valence electrons. The smallest absolute Gasteiger partial charge is 0.462 e. The van der Waals surface area contributed by atoms with Gasteiger partial charge < -0.3 is 33.8 Å². The monoisotopic (exact) mass is 1370 g/mol. The number of hydrogen-bond donors (Lipinski definition) is 3. The van der Waals surface area contributed by atoms with E-state index in [4.69, 9.17) is 37.0 Å². The van der Waals surface area contributed by atoms with E-state index in [2.05, 4.69) is 64.2 Å². The minimum absolute atomic E-state index is 0.0921. The van der Waals surface area contributed by atoms with Crippen molar-refractivity contribution in [3.63, 3.8) is 0 Å². The van der Waals surface area contributed by atoms with E-state index in [-0.39, 0.29) is 25.7 Å². The standard InChI is InChI=1S/C75H140O17P2/c1-5-9-13-17-21-25-29-33-34-38-42-46-50-54-58-62-75(80)92-71(66-86-73(78)60-56-52-48-44-40-36-31-27-23-19-15-11-7-3)68-90-94(83,84)88-64-69(76)63-87-93(81,82)89-67-70(91-74(79)61-57-53-49-45-41-37-32-28-24-20-16-12-8-4)65-85-72(77)59-55-51-47-43-39-35-30-26-22-18-14-10-6-2/h25,27-29,31-32,69-71,76H,5-24,26,30,33-68H2,1-4H3,(H,81,82)(H,83,84)/b29-25-,31-27-,32-28-/t69-,70+,71+/m0/s1. The number of carbonyl (C=O) groups excluding carboxylic acids is 4. The Bertz CT molecular complexity index is 1930. The minimum atomic E-state index is -4.96. The Morgan fingerprint density at radius 3 is 0.745 bits per heavy atom. The molecule has 0 radical (unpaired) electrons. The maximum atomic E-state index is 13.1. The molecule has 0 saturated heterocycles. The molecule has 0 aromatic heterocycles. The van der Waals surface area contributed by atoms with E-state index in [0.717, 1.165) is 148 Å². The van der Waals surface area contributed by atoms with E-state index in [1.807, 2.05) is 0 Å². The number of phosphoric acid groups is 2. The first kappa shape index (κ1) is 91.3. The summed E-state index contributed by atoms with van der Waals surface area (Å²) in [5.41, 5.74) is 0. The van der Waals surface area contributed by atoms with Crippen molar-refractivity contribution in [2.24, 2.45) is 0 Å². The number of hydrogen-bond acceptors (Lipinski definition) is 15. The summed E-state index contributed by atoms with van der Waals surface area (Å²) in [6, 6.07) is 0. The van der Waals surface area contributed by atoms with Crippen molar-refractivity contribution < 1.29 is 80.2 Å². The van der Waals surface area contributed by atoms with E-state index < -0.39 is 97.5 Å². The zero-order valence-corrected chi connectivity index (χ0v) is 61.9. The fraction of sp³-hybridized carbons (Fsp3) is 0.867. The molecule has 0 rings (SSSR count). The van der Waals surface area contributed by atoms with Crippen LogP contribution in [0.4, 0.5) is 0 Å². The fourth-order valence-electron chi connectivity index (χ4n) is 10.7. The zero-order valence-electron chi connectivity index (χ0n) is 60.2. The van der Waals surface area contributed by atoms with Crippen LogP contribution in [0.15, 0.2) is 36.5 Å². The van der Waals surface area contributed by atoms with Gasteiger partial charge in [-0.25, -0.2) is 9.13 Å². The summed E-state index contributed by atoms with van der Waals surface area (Å²) < 4.78 is 68.4. The Hall–Kier alpha value is -2.72. The van der Waals surface area contributed by atoms with Gasteiger partial charge in [0.2, 0.25) is 0 Å². The van der Waals surface area contributed by atoms with E-state index >= 15 is 0 Å². The average molecular weight is 1380 g/mol. The molecule has 0 aliphatic carbocycles. The number of unbranched alkanes of at least 4 members (excludes halogenated alkanes) is 41. The van der Waals surface area contributed by atoms with Gasteiger partial charge in [0.05, 0.1) is 26.4 Å². The molecule has 0 fully saturated rings. The number of ether oxygens (including phenoxy) is 4. The topological polar surface area (TPSA) is 237 Å². The van der Waals surface area contributed by atoms with Crippen molar-refractivity contribution in [2.75, 3.05) is 39.6 Å². The van der Waals surface area contributed by atoms with Gasteiger partial charge in [0.1, 0.15) is 19.3 Å². The third-order valence-electron chi connectivity index (χ3n) is 16.6. The normalized spacial score (nSPS) is 14.2. The summed E-state index contributed by atoms with van der Waals surface area (Å²) in [5.74, 6) is -2.16. The molecule has 94 heavy (non-hydrogen) atoms. The lowest BCUT2D eigenvalue weighted by Crippen LogP contribution is -2.30. The average Bonchev–Trinajstić information content (AvgIpc) is 2.26. The van der Waals surface area contributed by atoms with Crippen LogP contribution in [0.3, 0.4) is 0 Å². The number of rotatable bonds is 73. The lowest BCUT2D eigenvalue weighted by Gasteiger charge is -2.21. The Morgan fingerprint density at radius 2 is 0.489 bits per heavy atom. The number of carbonyl (C=O) groups is 4. The minimum Gasteiger partial charge on any atom is -0.462 e. The molecule has 2 unspecified atom stereocenters. The van der Waals surface area contributed by atoms with Crippen molar-refractivity contribution in [3.8, 4) is 0 Å². The lowest BCUT2D eigenvalue weighted by molar-refractivity contribution is -0.161. The van der Waals surface area contributed by atoms with Gasteiger partial charge in [-0.3, -0.25) is 37.3 Å². The van der Waals surface area contributed by atoms with Crippen molar-refractivity contribution in [3.05, 3.63) is 36.5 Å². The number of aliphatic hydroxyl groups is 1. The van der Waals surface area contributed by atoms with Crippen LogP contribution in [0.25, 0.3) is 0 Å². The molecule has 0 bridgehead atoms. The highest BCUT2D eigenvalue weighted by atomic mass is 31.2. The molecule has 17 nitrogen and oxygen atoms in total. The second-order valence-corrected chi connectivity index (χ2v) is 28.9. The molecular formula is C75H140O17P2. The zero-order chi connectivity index (χ0) is 69.0. The molecule has 0 amide bonds. The molecular weight excluding hydrogens is 1230 g/mol. The second kappa shape index (κ2) is 68.8. The predicted octanol–water partition coefficient (Wildman–Crippen LogP) is 21.6. The number of esters is 4. The van der Waals surface area contributed by atoms with Gasteiger partial charge in [0.25, 0.3) is 0 Å². The van der Waals surface area contributed by atoms with Gasteiger partial charge in [-0.1, -0.05) is 270 Å². The van der Waals surface area contributed by atoms with Gasteiger partial charge >= 0.3 is 39.5 Å². The Labute approximate surface area is 573 Å². The van der Waals surface area contributed by atoms with Gasteiger partial charge in [-0.2, -0.15) is 0 Å². The fourth-order valence-corrected chi connectivity index (χ4v) is 12.3. The molecule has 5 atom stereocenters. The summed E-state index contributed by atoms with van der Waals surface area (Å²) in [5, 5.41) is 10.6. The molecule has 0 aliphatic heterocycles. The molecule has 19 heteroatoms. The highest BCUT2D eigenvalue weighted by Crippen LogP contribution is 2.45. The summed E-state index contributed by atoms with van der Waals surface area (Å²) in [4.78, 5) is 72.7. The first-order valence-electron chi connectivity index (χ1n) is 38.2. The third kappa shape index (κ3) is 67.8. The van der Waals surface area contributed by atoms with Crippen molar-refractivity contribution >= 4 is 39.5 Å². The molecule has 0 saturated carbocycles. The van der Waals surface area contributed by atoms with Gasteiger partial charge in [-0.15, -0.1) is 0 Å². The van der Waals surface area contributed by atoms with Crippen LogP contribution in [0.1, 0.15) is 362 Å². The van der Waals surface area contributed by atoms with E-state index in [1.165, 1.54) is 135 Å². The van der Waals surface area contributed by atoms with Crippen LogP contribution in [0.2, 0.25) is 0 Å². The summed E-state index contributed by atoms with van der Waals surface area (Å²) in [6.07, 6.45) is 62.7. The highest BCUT2D eigenvalue weighted by Gasteiger charge is 2.30. The largest absolute Gasteiger partial charge is 0.472 e. The van der Waals surface area contributed by atoms with Crippen LogP contribution >= 0.6 is 15.6 Å². The molecule has 0 aromatic carbocycles. The van der Waals surface area contributed by atoms with Crippen LogP contribution in [0, 0.1) is 0 Å². The number of phosphoric ester groups is 2. The van der Waals surface area contributed by atoms with Crippen molar-refractivity contribution in [1.29, 1.82) is 0 Å². The quantitative estimate of drug-likeness (QED) is 0.0169. The van der Waals surface area contributed by atoms with Gasteiger partial charge in [0.15, 0.2) is 12.2 Å². The van der Waals surface area contributed by atoms with E-state index in [9.17, 15) is 43.2 Å². The molecule has 3 N–H and O–H groups in total. The lowest BCUT2D eigenvalue weighted by atomic mass is 10.0. The molecule has 0 spiro atoms. The Balaban J connectivity index is 5.31. The maximum absolute atomic E-state index is 13.1. The highest BCUT2D eigenvalue weighted by molar-refractivity contribution is 7.47. The summed E-state index contributed by atoms with van der Waals surface area (Å²) >= 11 is 0. The van der Waals surface area contributed by atoms with Crippen molar-refractivity contribution in [2.45, 2.75) is 380 Å². The maximum Gasteiger partial charge on any atom is 0.472 e. The van der Waals surface area contributed by atoms with Crippen LogP contribution < -0.4 is 0 Å². The molecule has 0 aromatic rings. The Morgan fingerprint density at radius 1 is 0.287 bits per heavy atom. The first-order chi connectivity index (χ1) is 45.7. The number of aliphatic hydroxyl groups excluding tert-OH is 1. The Kier molecular flexibility index (Phi) is 66.8. The van der Waals surface area contributed by atoms with Crippen molar-refractivity contribution in [1.82, 2.24) is 0 Å². The third-order valence-corrected chi connectivity index (χ3v) is 18.5. The molecule has 0 aliphatic rings. The summed E-state index contributed by atoms with van der Waals surface area (Å²) in [6.45, 7) is 4.87. The van der Waals surface area contributed by atoms with E-state index in [0.29, 0.717) is 25.7 Å². The molecule has 0 heterocycles. The SMILES string of the molecule is CCCCCC/C=C\CCCCCCCCCC(=O)O[C@H](COC(=O)CCCCCCC/C=C\CCCCCC)COP(=O)(O)OC[C@@H](O)COP(=O)(O)OC[C@@H](COC(=O)CCCCCCCCCCCCCCC)OC(=O)CCCCCCC/C=C\CCCCCC. The number of allylic oxidation sites excluding steroid dienone is 6. The van der Waals surface area contributed by atoms with Gasteiger partial charge in [0, 0.05) is 25.7 Å². The van der Waals surface area contributed by atoms with Crippen LogP contribution in [-0.4, -0.2) is 96.7 Å². The van der Waals surface area contributed by atoms with Crippen LogP contribution in [-0.2, 0) is 65.4 Å².